The highest BCUT2D eigenvalue weighted by Gasteiger charge is 2.74. The zero-order chi connectivity index (χ0) is 10.1. The molecule has 3 rings (SSSR count). The Balaban J connectivity index is 2.08. The van der Waals surface area contributed by atoms with Crippen LogP contribution in [0, 0.1) is 22.7 Å². The molecule has 3 aliphatic carbocycles. The van der Waals surface area contributed by atoms with Crippen molar-refractivity contribution in [1.82, 2.24) is 0 Å². The summed E-state index contributed by atoms with van der Waals surface area (Å²) in [5.74, 6) is 0.875. The average Bonchev–Trinajstić information content (AvgIpc) is 2.53. The van der Waals surface area contributed by atoms with Gasteiger partial charge in [-0.15, -0.1) is 0 Å². The molecule has 0 aliphatic heterocycles. The molecule has 0 radical (unpaired) electrons. The average molecular weight is 192 g/mol. The molecule has 0 amide bonds. The highest BCUT2D eigenvalue weighted by molar-refractivity contribution is 5.96. The molecule has 0 aromatic rings. The summed E-state index contributed by atoms with van der Waals surface area (Å²) in [6.07, 6.45) is 3.44. The van der Waals surface area contributed by atoms with Crippen molar-refractivity contribution < 1.29 is 9.59 Å². The first-order valence-corrected chi connectivity index (χ1v) is 5.56. The second kappa shape index (κ2) is 2.12. The Morgan fingerprint density at radius 1 is 0.929 bits per heavy atom. The third-order valence-electron chi connectivity index (χ3n) is 5.49. The van der Waals surface area contributed by atoms with Gasteiger partial charge >= 0.3 is 0 Å². The molecular weight excluding hydrogens is 176 g/mol. The van der Waals surface area contributed by atoms with Crippen molar-refractivity contribution in [2.45, 2.75) is 39.5 Å². The lowest BCUT2D eigenvalue weighted by Crippen LogP contribution is -2.61. The van der Waals surface area contributed by atoms with Gasteiger partial charge in [-0.05, 0) is 23.7 Å². The second-order valence-electron chi connectivity index (χ2n) is 5.72. The van der Waals surface area contributed by atoms with Crippen LogP contribution in [0.15, 0.2) is 0 Å². The lowest BCUT2D eigenvalue weighted by atomic mass is 9.41. The first kappa shape index (κ1) is 8.63. The van der Waals surface area contributed by atoms with Gasteiger partial charge in [0.2, 0.25) is 0 Å². The van der Waals surface area contributed by atoms with Crippen LogP contribution in [0.5, 0.6) is 0 Å². The van der Waals surface area contributed by atoms with Gasteiger partial charge < -0.3 is 0 Å². The van der Waals surface area contributed by atoms with Crippen LogP contribution in [0.1, 0.15) is 39.5 Å². The summed E-state index contributed by atoms with van der Waals surface area (Å²) in [5.41, 5.74) is 0.307. The Labute approximate surface area is 84.1 Å². The van der Waals surface area contributed by atoms with Crippen LogP contribution in [-0.2, 0) is 9.59 Å². The molecule has 0 heterocycles. The van der Waals surface area contributed by atoms with Crippen molar-refractivity contribution in [1.29, 1.82) is 0 Å². The van der Waals surface area contributed by atoms with E-state index in [4.69, 9.17) is 0 Å². The van der Waals surface area contributed by atoms with E-state index in [2.05, 4.69) is 13.8 Å². The lowest BCUT2D eigenvalue weighted by Gasteiger charge is -2.60. The number of ketones is 2. The fraction of sp³-hybridized carbons (Fsp3) is 0.833. The van der Waals surface area contributed by atoms with Gasteiger partial charge in [0.1, 0.15) is 11.6 Å². The van der Waals surface area contributed by atoms with Gasteiger partial charge in [0, 0.05) is 24.7 Å². The lowest BCUT2D eigenvalue weighted by molar-refractivity contribution is -0.172. The van der Waals surface area contributed by atoms with Gasteiger partial charge in [-0.25, -0.2) is 0 Å². The predicted octanol–water partition coefficient (Wildman–Crippen LogP) is 1.97. The van der Waals surface area contributed by atoms with Crippen molar-refractivity contribution in [3.05, 3.63) is 0 Å². The number of carbonyl (C=O) groups excluding carboxylic acids is 2. The van der Waals surface area contributed by atoms with E-state index in [0.717, 1.165) is 12.8 Å². The van der Waals surface area contributed by atoms with Crippen LogP contribution >= 0.6 is 0 Å². The summed E-state index contributed by atoms with van der Waals surface area (Å²) < 4.78 is 0. The molecule has 14 heavy (non-hydrogen) atoms. The highest BCUT2D eigenvalue weighted by Crippen LogP contribution is 2.74. The van der Waals surface area contributed by atoms with E-state index in [1.165, 1.54) is 0 Å². The van der Waals surface area contributed by atoms with Crippen LogP contribution in [0.4, 0.5) is 0 Å². The third kappa shape index (κ3) is 0.617. The summed E-state index contributed by atoms with van der Waals surface area (Å²) in [4.78, 5) is 23.4. The van der Waals surface area contributed by atoms with Gasteiger partial charge in [-0.3, -0.25) is 9.59 Å². The van der Waals surface area contributed by atoms with Crippen molar-refractivity contribution in [3.63, 3.8) is 0 Å². The Hall–Kier alpha value is -0.660. The van der Waals surface area contributed by atoms with Crippen molar-refractivity contribution in [2.75, 3.05) is 0 Å². The van der Waals surface area contributed by atoms with Crippen LogP contribution in [-0.4, -0.2) is 11.6 Å². The molecule has 0 aromatic carbocycles. The summed E-state index contributed by atoms with van der Waals surface area (Å²) in [7, 11) is 0. The topological polar surface area (TPSA) is 34.1 Å². The highest BCUT2D eigenvalue weighted by atomic mass is 16.1. The summed E-state index contributed by atoms with van der Waals surface area (Å²) >= 11 is 0. The van der Waals surface area contributed by atoms with Gasteiger partial charge in [0.05, 0.1) is 0 Å². The van der Waals surface area contributed by atoms with Gasteiger partial charge in [0.25, 0.3) is 0 Å². The van der Waals surface area contributed by atoms with Crippen molar-refractivity contribution >= 4 is 11.6 Å². The molecular formula is C12H16O2. The molecule has 2 nitrogen and oxygen atoms in total. The van der Waals surface area contributed by atoms with Crippen LogP contribution in [0.2, 0.25) is 0 Å². The first-order chi connectivity index (χ1) is 6.51. The fourth-order valence-electron chi connectivity index (χ4n) is 4.39. The van der Waals surface area contributed by atoms with Crippen LogP contribution < -0.4 is 0 Å². The molecule has 0 bridgehead atoms. The molecule has 0 spiro atoms. The van der Waals surface area contributed by atoms with Crippen molar-refractivity contribution in [2.24, 2.45) is 22.7 Å². The van der Waals surface area contributed by atoms with E-state index >= 15 is 0 Å². The molecule has 3 aliphatic rings. The summed E-state index contributed by atoms with van der Waals surface area (Å²) in [6.45, 7) is 4.44. The Morgan fingerprint density at radius 3 is 1.64 bits per heavy atom. The normalized spacial score (nSPS) is 55.6. The van der Waals surface area contributed by atoms with Crippen LogP contribution in [0.3, 0.4) is 0 Å². The number of rotatable bonds is 0. The molecule has 3 saturated carbocycles. The van der Waals surface area contributed by atoms with E-state index in [0.29, 0.717) is 24.4 Å². The fourth-order valence-corrected chi connectivity index (χ4v) is 4.39. The van der Waals surface area contributed by atoms with Gasteiger partial charge in [-0.2, -0.15) is 0 Å². The minimum Gasteiger partial charge on any atom is -0.299 e. The molecule has 0 saturated heterocycles. The molecule has 4 unspecified atom stereocenters. The first-order valence-electron chi connectivity index (χ1n) is 5.56. The molecule has 2 heteroatoms. The van der Waals surface area contributed by atoms with Gasteiger partial charge in [-0.1, -0.05) is 13.8 Å². The number of hydrogen-bond donors (Lipinski definition) is 0. The molecule has 76 valence electrons. The maximum Gasteiger partial charge on any atom is 0.137 e. The smallest absolute Gasteiger partial charge is 0.137 e. The zero-order valence-corrected chi connectivity index (χ0v) is 8.80. The summed E-state index contributed by atoms with van der Waals surface area (Å²) in [5, 5.41) is 0. The summed E-state index contributed by atoms with van der Waals surface area (Å²) in [6, 6.07) is 0. The molecule has 4 atom stereocenters. The number of hydrogen-bond acceptors (Lipinski definition) is 2. The Kier molecular flexibility index (Phi) is 1.31. The SMILES string of the molecule is CC12CCC(=O)C1C1C(=O)CCC12C. The predicted molar refractivity (Wildman–Crippen MR) is 51.7 cm³/mol. The molecule has 0 N–H and O–H groups in total. The molecule has 3 fully saturated rings. The maximum absolute atomic E-state index is 11.7. The minimum absolute atomic E-state index is 0.0856. The number of carbonyl (C=O) groups is 2. The van der Waals surface area contributed by atoms with E-state index in [1.807, 2.05) is 0 Å². The van der Waals surface area contributed by atoms with E-state index in [9.17, 15) is 9.59 Å². The largest absolute Gasteiger partial charge is 0.299 e. The van der Waals surface area contributed by atoms with E-state index in [1.54, 1.807) is 0 Å². The monoisotopic (exact) mass is 192 g/mol. The second-order valence-corrected chi connectivity index (χ2v) is 5.72. The standard InChI is InChI=1S/C12H16O2/c1-11-5-3-7(13)9(11)10-8(14)4-6-12(10,11)2/h9-10H,3-6H2,1-2H3. The van der Waals surface area contributed by atoms with Crippen LogP contribution in [0.25, 0.3) is 0 Å². The quantitative estimate of drug-likeness (QED) is 0.588. The third-order valence-corrected chi connectivity index (χ3v) is 5.49. The Morgan fingerprint density at radius 2 is 1.29 bits per heavy atom. The Bertz CT molecular complexity index is 312. The maximum atomic E-state index is 11.7. The van der Waals surface area contributed by atoms with Crippen molar-refractivity contribution in [3.8, 4) is 0 Å². The minimum atomic E-state index is 0.0856. The number of fused-ring (bicyclic) bond motifs is 4. The van der Waals surface area contributed by atoms with E-state index in [-0.39, 0.29) is 22.7 Å². The molecule has 0 aromatic heterocycles. The zero-order valence-electron chi connectivity index (χ0n) is 8.80. The van der Waals surface area contributed by atoms with Gasteiger partial charge in [0.15, 0.2) is 0 Å². The number of Topliss-reactive ketones (excluding diaryl/α,β-unsaturated/α-hetero) is 2. The van der Waals surface area contributed by atoms with E-state index < -0.39 is 0 Å².